The summed E-state index contributed by atoms with van der Waals surface area (Å²) in [7, 11) is 1.16. The van der Waals surface area contributed by atoms with E-state index >= 15 is 0 Å². The second kappa shape index (κ2) is 7.89. The fraction of sp³-hybridized carbons (Fsp3) is 0.385. The molecule has 0 N–H and O–H groups in total. The minimum absolute atomic E-state index is 0.113. The minimum atomic E-state index is -0.399. The SMILES string of the molecule is COOC(=O)CC[S+](C)CC(=O)c1ccccc1. The molecule has 0 aliphatic rings. The number of carbonyl (C=O) groups excluding carboxylic acids is 2. The van der Waals surface area contributed by atoms with Gasteiger partial charge in [-0.25, -0.2) is 4.79 Å². The normalized spacial score (nSPS) is 11.9. The van der Waals surface area contributed by atoms with Crippen LogP contribution in [0.4, 0.5) is 0 Å². The van der Waals surface area contributed by atoms with Crippen LogP contribution in [0.3, 0.4) is 0 Å². The van der Waals surface area contributed by atoms with Crippen molar-refractivity contribution in [1.29, 1.82) is 0 Å². The van der Waals surface area contributed by atoms with Crippen LogP contribution in [0.5, 0.6) is 0 Å². The van der Waals surface area contributed by atoms with E-state index in [0.717, 1.165) is 5.56 Å². The van der Waals surface area contributed by atoms with Crippen LogP contribution in [0.2, 0.25) is 0 Å². The van der Waals surface area contributed by atoms with Gasteiger partial charge in [-0.2, -0.15) is 4.89 Å². The molecule has 1 rings (SSSR count). The maximum Gasteiger partial charge on any atom is 0.347 e. The number of ketones is 1. The Morgan fingerprint density at radius 3 is 2.50 bits per heavy atom. The smallest absolute Gasteiger partial charge is 0.298 e. The molecule has 0 amide bonds. The quantitative estimate of drug-likeness (QED) is 0.327. The highest BCUT2D eigenvalue weighted by molar-refractivity contribution is 7.96. The Morgan fingerprint density at radius 2 is 1.89 bits per heavy atom. The molecule has 0 saturated carbocycles. The molecular weight excluding hydrogens is 252 g/mol. The van der Waals surface area contributed by atoms with E-state index < -0.39 is 5.97 Å². The predicted molar refractivity (Wildman–Crippen MR) is 71.5 cm³/mol. The highest BCUT2D eigenvalue weighted by atomic mass is 32.2. The fourth-order valence-corrected chi connectivity index (χ4v) is 2.67. The van der Waals surface area contributed by atoms with Crippen molar-refractivity contribution >= 4 is 22.6 Å². The minimum Gasteiger partial charge on any atom is -0.298 e. The van der Waals surface area contributed by atoms with Gasteiger partial charge >= 0.3 is 5.97 Å². The van der Waals surface area contributed by atoms with Gasteiger partial charge in [-0.1, -0.05) is 30.3 Å². The van der Waals surface area contributed by atoms with Gasteiger partial charge in [0.05, 0.1) is 19.8 Å². The molecule has 0 fully saturated rings. The van der Waals surface area contributed by atoms with Gasteiger partial charge in [0.25, 0.3) is 0 Å². The monoisotopic (exact) mass is 269 g/mol. The number of hydrogen-bond acceptors (Lipinski definition) is 4. The Morgan fingerprint density at radius 1 is 1.22 bits per heavy atom. The summed E-state index contributed by atoms with van der Waals surface area (Å²) in [5.74, 6) is 0.816. The zero-order chi connectivity index (χ0) is 13.4. The molecule has 4 nitrogen and oxygen atoms in total. The first-order valence-electron chi connectivity index (χ1n) is 5.54. The Hall–Kier alpha value is -1.33. The van der Waals surface area contributed by atoms with Crippen molar-refractivity contribution < 1.29 is 19.4 Å². The van der Waals surface area contributed by atoms with E-state index in [1.165, 1.54) is 7.11 Å². The lowest BCUT2D eigenvalue weighted by atomic mass is 10.2. The van der Waals surface area contributed by atoms with Crippen LogP contribution in [-0.4, -0.2) is 36.6 Å². The lowest BCUT2D eigenvalue weighted by Gasteiger charge is -2.03. The summed E-state index contributed by atoms with van der Waals surface area (Å²) in [5, 5.41) is 0. The van der Waals surface area contributed by atoms with Gasteiger partial charge in [0.2, 0.25) is 5.78 Å². The van der Waals surface area contributed by atoms with Crippen molar-refractivity contribution in [2.45, 2.75) is 6.42 Å². The second-order valence-electron chi connectivity index (χ2n) is 3.79. The first kappa shape index (κ1) is 14.7. The first-order chi connectivity index (χ1) is 8.63. The summed E-state index contributed by atoms with van der Waals surface area (Å²) in [4.78, 5) is 31.6. The van der Waals surface area contributed by atoms with Crippen molar-refractivity contribution in [3.63, 3.8) is 0 Å². The van der Waals surface area contributed by atoms with E-state index in [2.05, 4.69) is 9.78 Å². The summed E-state index contributed by atoms with van der Waals surface area (Å²) in [6.45, 7) is 0. The molecule has 0 heterocycles. The molecule has 0 spiro atoms. The van der Waals surface area contributed by atoms with E-state index in [4.69, 9.17) is 0 Å². The zero-order valence-electron chi connectivity index (χ0n) is 10.5. The Bertz CT molecular complexity index is 391. The molecule has 1 unspecified atom stereocenters. The number of benzene rings is 1. The molecule has 0 aromatic heterocycles. The number of carbonyl (C=O) groups is 2. The zero-order valence-corrected chi connectivity index (χ0v) is 11.4. The number of rotatable bonds is 7. The predicted octanol–water partition coefficient (Wildman–Crippen LogP) is 1.61. The lowest BCUT2D eigenvalue weighted by molar-refractivity contribution is -0.254. The van der Waals surface area contributed by atoms with Crippen LogP contribution < -0.4 is 0 Å². The van der Waals surface area contributed by atoms with Crippen LogP contribution >= 0.6 is 0 Å². The van der Waals surface area contributed by atoms with Gasteiger partial charge in [-0.05, 0) is 10.9 Å². The number of hydrogen-bond donors (Lipinski definition) is 0. The van der Waals surface area contributed by atoms with Gasteiger partial charge in [-0.15, -0.1) is 0 Å². The molecule has 0 saturated heterocycles. The molecule has 1 aromatic carbocycles. The molecule has 0 aliphatic carbocycles. The maximum absolute atomic E-state index is 11.9. The third-order valence-corrected chi connectivity index (χ3v) is 3.96. The summed E-state index contributed by atoms with van der Waals surface area (Å²) < 4.78 is 0. The van der Waals surface area contributed by atoms with Crippen molar-refractivity contribution in [3.8, 4) is 0 Å². The highest BCUT2D eigenvalue weighted by Crippen LogP contribution is 2.05. The van der Waals surface area contributed by atoms with Crippen molar-refractivity contribution in [1.82, 2.24) is 0 Å². The molecule has 1 aromatic rings. The molecule has 0 radical (unpaired) electrons. The van der Waals surface area contributed by atoms with Gasteiger partial charge in [0.1, 0.15) is 5.75 Å². The van der Waals surface area contributed by atoms with Crippen LogP contribution in [0.25, 0.3) is 0 Å². The van der Waals surface area contributed by atoms with E-state index in [1.54, 1.807) is 12.1 Å². The Balaban J connectivity index is 2.34. The summed E-state index contributed by atoms with van der Waals surface area (Å²) in [6, 6.07) is 9.18. The molecule has 18 heavy (non-hydrogen) atoms. The average molecular weight is 269 g/mol. The average Bonchev–Trinajstić information content (AvgIpc) is 2.38. The third-order valence-electron chi connectivity index (χ3n) is 2.30. The fourth-order valence-electron chi connectivity index (χ4n) is 1.40. The standard InChI is InChI=1S/C13H17O4S/c1-16-17-13(15)8-9-18(2)10-12(14)11-6-4-3-5-7-11/h3-7H,8-10H2,1-2H3/q+1. The van der Waals surface area contributed by atoms with E-state index in [-0.39, 0.29) is 23.1 Å². The summed E-state index contributed by atoms with van der Waals surface area (Å²) >= 11 is 0. The van der Waals surface area contributed by atoms with Crippen LogP contribution in [0, 0.1) is 0 Å². The third kappa shape index (κ3) is 5.33. The van der Waals surface area contributed by atoms with E-state index in [0.29, 0.717) is 11.5 Å². The van der Waals surface area contributed by atoms with Gasteiger partial charge < -0.3 is 0 Å². The van der Waals surface area contributed by atoms with Gasteiger partial charge in [0, 0.05) is 5.56 Å². The summed E-state index contributed by atoms with van der Waals surface area (Å²) in [5.41, 5.74) is 0.719. The molecule has 0 bridgehead atoms. The van der Waals surface area contributed by atoms with Crippen LogP contribution in [-0.2, 0) is 25.5 Å². The molecular formula is C13H17O4S+. The Kier molecular flexibility index (Phi) is 6.46. The highest BCUT2D eigenvalue weighted by Gasteiger charge is 2.20. The first-order valence-corrected chi connectivity index (χ1v) is 7.51. The van der Waals surface area contributed by atoms with E-state index in [9.17, 15) is 9.59 Å². The van der Waals surface area contributed by atoms with Crippen molar-refractivity contribution in [2.75, 3.05) is 24.9 Å². The van der Waals surface area contributed by atoms with Crippen molar-refractivity contribution in [2.24, 2.45) is 0 Å². The van der Waals surface area contributed by atoms with Crippen LogP contribution in [0.15, 0.2) is 30.3 Å². The molecule has 98 valence electrons. The van der Waals surface area contributed by atoms with E-state index in [1.807, 2.05) is 24.5 Å². The van der Waals surface area contributed by atoms with Crippen molar-refractivity contribution in [3.05, 3.63) is 35.9 Å². The number of Topliss-reactive ketones (excluding diaryl/α,β-unsaturated/α-hetero) is 1. The van der Waals surface area contributed by atoms with Gasteiger partial charge in [0.15, 0.2) is 5.75 Å². The molecule has 1 atom stereocenters. The maximum atomic E-state index is 11.9. The largest absolute Gasteiger partial charge is 0.347 e. The topological polar surface area (TPSA) is 52.6 Å². The molecule has 0 aliphatic heterocycles. The van der Waals surface area contributed by atoms with Crippen LogP contribution in [0.1, 0.15) is 16.8 Å². The van der Waals surface area contributed by atoms with Gasteiger partial charge in [-0.3, -0.25) is 9.68 Å². The molecule has 5 heteroatoms. The lowest BCUT2D eigenvalue weighted by Crippen LogP contribution is -2.20. The summed E-state index contributed by atoms with van der Waals surface area (Å²) in [6.07, 6.45) is 2.25. The Labute approximate surface area is 110 Å². The second-order valence-corrected chi connectivity index (χ2v) is 6.05.